The molecule has 5 nitrogen and oxygen atoms in total. The van der Waals surface area contributed by atoms with Gasteiger partial charge in [0.05, 0.1) is 7.11 Å². The predicted octanol–water partition coefficient (Wildman–Crippen LogP) is 5.52. The number of hydrogen-bond acceptors (Lipinski definition) is 5. The molecule has 4 rings (SSSR count). The summed E-state index contributed by atoms with van der Waals surface area (Å²) in [4.78, 5) is 0. The van der Waals surface area contributed by atoms with Gasteiger partial charge in [0.15, 0.2) is 0 Å². The number of ether oxygens (including phenoxy) is 1. The van der Waals surface area contributed by atoms with Crippen LogP contribution < -0.4 is 4.74 Å². The second-order valence-corrected chi connectivity index (χ2v) is 6.87. The fourth-order valence-corrected chi connectivity index (χ4v) is 3.49. The van der Waals surface area contributed by atoms with Crippen molar-refractivity contribution in [3.63, 3.8) is 0 Å². The third kappa shape index (κ3) is 3.49. The van der Waals surface area contributed by atoms with Gasteiger partial charge in [0, 0.05) is 16.7 Å². The van der Waals surface area contributed by atoms with Crippen LogP contribution in [0.1, 0.15) is 0 Å². The lowest BCUT2D eigenvalue weighted by molar-refractivity contribution is 0.415. The summed E-state index contributed by atoms with van der Waals surface area (Å²) in [5, 5.41) is 40.3. The standard InChI is InChI=1S/C25H20O5/c1-30-22-14-21(15-2-8-18(26)9-3-15)25(29)24(17-6-12-20(28)13-7-17)23(22)16-4-10-19(27)11-5-16/h2-14,26-29H,1H3. The molecule has 0 saturated carbocycles. The molecule has 0 heterocycles. The molecule has 4 N–H and O–H groups in total. The summed E-state index contributed by atoms with van der Waals surface area (Å²) < 4.78 is 5.68. The van der Waals surface area contributed by atoms with E-state index in [0.717, 1.165) is 5.56 Å². The second kappa shape index (κ2) is 7.72. The van der Waals surface area contributed by atoms with Gasteiger partial charge < -0.3 is 25.2 Å². The molecule has 4 aromatic rings. The Labute approximate surface area is 173 Å². The first-order chi connectivity index (χ1) is 14.5. The summed E-state index contributed by atoms with van der Waals surface area (Å²) in [6.07, 6.45) is 0. The Hall–Kier alpha value is -4.12. The van der Waals surface area contributed by atoms with Crippen LogP contribution in [0.3, 0.4) is 0 Å². The highest BCUT2D eigenvalue weighted by atomic mass is 16.5. The highest BCUT2D eigenvalue weighted by molar-refractivity contribution is 5.96. The van der Waals surface area contributed by atoms with Crippen molar-refractivity contribution in [3.8, 4) is 62.1 Å². The number of rotatable bonds is 4. The maximum atomic E-state index is 11.3. The van der Waals surface area contributed by atoms with E-state index in [-0.39, 0.29) is 23.0 Å². The minimum absolute atomic E-state index is 0.0373. The van der Waals surface area contributed by atoms with Crippen LogP contribution in [0.15, 0.2) is 78.9 Å². The highest BCUT2D eigenvalue weighted by Gasteiger charge is 2.22. The molecule has 0 bridgehead atoms. The lowest BCUT2D eigenvalue weighted by Crippen LogP contribution is -1.95. The number of phenolic OH excluding ortho intramolecular Hbond substituents is 4. The zero-order chi connectivity index (χ0) is 21.3. The van der Waals surface area contributed by atoms with Crippen LogP contribution in [0.2, 0.25) is 0 Å². The van der Waals surface area contributed by atoms with E-state index in [9.17, 15) is 20.4 Å². The number of benzene rings is 4. The average molecular weight is 400 g/mol. The van der Waals surface area contributed by atoms with Crippen molar-refractivity contribution in [1.29, 1.82) is 0 Å². The Kier molecular flexibility index (Phi) is 4.94. The SMILES string of the molecule is COc1cc(-c2ccc(O)cc2)c(O)c(-c2ccc(O)cc2)c1-c1ccc(O)cc1. The van der Waals surface area contributed by atoms with Gasteiger partial charge in [0.1, 0.15) is 28.7 Å². The largest absolute Gasteiger partial charge is 0.508 e. The van der Waals surface area contributed by atoms with Gasteiger partial charge in [0.25, 0.3) is 0 Å². The van der Waals surface area contributed by atoms with E-state index in [1.807, 2.05) is 0 Å². The summed E-state index contributed by atoms with van der Waals surface area (Å²) in [5.41, 5.74) is 3.87. The van der Waals surface area contributed by atoms with Crippen molar-refractivity contribution < 1.29 is 25.2 Å². The number of phenols is 4. The minimum Gasteiger partial charge on any atom is -0.508 e. The number of aromatic hydroxyl groups is 4. The highest BCUT2D eigenvalue weighted by Crippen LogP contribution is 2.49. The van der Waals surface area contributed by atoms with E-state index in [0.29, 0.717) is 33.6 Å². The minimum atomic E-state index is 0.0373. The fraction of sp³-hybridized carbons (Fsp3) is 0.0400. The van der Waals surface area contributed by atoms with Crippen LogP contribution >= 0.6 is 0 Å². The monoisotopic (exact) mass is 400 g/mol. The molecule has 4 aromatic carbocycles. The van der Waals surface area contributed by atoms with Crippen molar-refractivity contribution in [1.82, 2.24) is 0 Å². The predicted molar refractivity (Wildman–Crippen MR) is 116 cm³/mol. The molecule has 5 heteroatoms. The fourth-order valence-electron chi connectivity index (χ4n) is 3.49. The Bertz CT molecular complexity index is 1180. The van der Waals surface area contributed by atoms with E-state index in [4.69, 9.17) is 4.74 Å². The van der Waals surface area contributed by atoms with E-state index < -0.39 is 0 Å². The zero-order valence-corrected chi connectivity index (χ0v) is 16.2. The smallest absolute Gasteiger partial charge is 0.132 e. The molecule has 30 heavy (non-hydrogen) atoms. The van der Waals surface area contributed by atoms with Gasteiger partial charge in [-0.25, -0.2) is 0 Å². The Morgan fingerprint density at radius 2 is 0.933 bits per heavy atom. The van der Waals surface area contributed by atoms with Gasteiger partial charge >= 0.3 is 0 Å². The Morgan fingerprint density at radius 3 is 1.37 bits per heavy atom. The molecule has 0 unspecified atom stereocenters. The third-order valence-electron chi connectivity index (χ3n) is 4.97. The molecule has 0 saturated heterocycles. The number of methoxy groups -OCH3 is 1. The van der Waals surface area contributed by atoms with Crippen LogP contribution in [0.4, 0.5) is 0 Å². The topological polar surface area (TPSA) is 90.2 Å². The van der Waals surface area contributed by atoms with Crippen molar-refractivity contribution in [3.05, 3.63) is 78.9 Å². The second-order valence-electron chi connectivity index (χ2n) is 6.87. The van der Waals surface area contributed by atoms with Gasteiger partial charge in [-0.3, -0.25) is 0 Å². The van der Waals surface area contributed by atoms with Crippen LogP contribution in [-0.4, -0.2) is 27.5 Å². The molecule has 0 amide bonds. The summed E-state index contributed by atoms with van der Waals surface area (Å²) >= 11 is 0. The summed E-state index contributed by atoms with van der Waals surface area (Å²) in [6.45, 7) is 0. The molecule has 0 spiro atoms. The molecular weight excluding hydrogens is 380 g/mol. The first-order valence-electron chi connectivity index (χ1n) is 9.30. The van der Waals surface area contributed by atoms with Crippen molar-refractivity contribution in [2.24, 2.45) is 0 Å². The van der Waals surface area contributed by atoms with Gasteiger partial charge in [-0.1, -0.05) is 36.4 Å². The molecule has 0 atom stereocenters. The molecule has 0 fully saturated rings. The lowest BCUT2D eigenvalue weighted by Gasteiger charge is -2.20. The van der Waals surface area contributed by atoms with Crippen LogP contribution in [0, 0.1) is 0 Å². The first-order valence-corrected chi connectivity index (χ1v) is 9.30. The maximum absolute atomic E-state index is 11.3. The van der Waals surface area contributed by atoms with E-state index in [1.54, 1.807) is 86.0 Å². The molecule has 0 aliphatic rings. The maximum Gasteiger partial charge on any atom is 0.132 e. The van der Waals surface area contributed by atoms with Crippen molar-refractivity contribution >= 4 is 0 Å². The lowest BCUT2D eigenvalue weighted by atomic mass is 9.88. The van der Waals surface area contributed by atoms with Crippen LogP contribution in [-0.2, 0) is 0 Å². The van der Waals surface area contributed by atoms with Gasteiger partial charge in [0.2, 0.25) is 0 Å². The van der Waals surface area contributed by atoms with Crippen LogP contribution in [0.25, 0.3) is 33.4 Å². The number of hydrogen-bond donors (Lipinski definition) is 4. The van der Waals surface area contributed by atoms with E-state index in [1.165, 1.54) is 0 Å². The first kappa shape index (κ1) is 19.2. The van der Waals surface area contributed by atoms with Crippen LogP contribution in [0.5, 0.6) is 28.7 Å². The molecule has 0 radical (unpaired) electrons. The van der Waals surface area contributed by atoms with E-state index in [2.05, 4.69) is 0 Å². The Balaban J connectivity index is 2.06. The van der Waals surface area contributed by atoms with Crippen molar-refractivity contribution in [2.45, 2.75) is 0 Å². The zero-order valence-electron chi connectivity index (χ0n) is 16.2. The van der Waals surface area contributed by atoms with Gasteiger partial charge in [-0.05, 0) is 59.2 Å². The summed E-state index contributed by atoms with van der Waals surface area (Å²) in [6, 6.07) is 21.4. The van der Waals surface area contributed by atoms with E-state index >= 15 is 0 Å². The molecule has 150 valence electrons. The molecule has 0 aromatic heterocycles. The van der Waals surface area contributed by atoms with Gasteiger partial charge in [-0.15, -0.1) is 0 Å². The van der Waals surface area contributed by atoms with Gasteiger partial charge in [-0.2, -0.15) is 0 Å². The Morgan fingerprint density at radius 1 is 0.533 bits per heavy atom. The summed E-state index contributed by atoms with van der Waals surface area (Å²) in [7, 11) is 1.55. The average Bonchev–Trinajstić information content (AvgIpc) is 2.76. The molecule has 0 aliphatic heterocycles. The molecule has 0 aliphatic carbocycles. The van der Waals surface area contributed by atoms with Crippen molar-refractivity contribution in [2.75, 3.05) is 7.11 Å². The quantitative estimate of drug-likeness (QED) is 0.362. The third-order valence-corrected chi connectivity index (χ3v) is 4.97. The normalized spacial score (nSPS) is 10.7. The molecular formula is C25H20O5. The summed E-state index contributed by atoms with van der Waals surface area (Å²) in [5.74, 6) is 0.949.